The number of amides is 2. The minimum Gasteiger partial charge on any atom is -0.441 e. The maximum absolute atomic E-state index is 12.8. The number of anilines is 2. The summed E-state index contributed by atoms with van der Waals surface area (Å²) in [7, 11) is 3.71. The molecule has 0 bridgehead atoms. The van der Waals surface area contributed by atoms with E-state index in [4.69, 9.17) is 4.42 Å². The summed E-state index contributed by atoms with van der Waals surface area (Å²) < 4.78 is 5.68. The third-order valence-electron chi connectivity index (χ3n) is 3.90. The fourth-order valence-electron chi connectivity index (χ4n) is 2.46. The lowest BCUT2D eigenvalue weighted by atomic mass is 10.2. The summed E-state index contributed by atoms with van der Waals surface area (Å²) in [6.45, 7) is 0. The van der Waals surface area contributed by atoms with Crippen molar-refractivity contribution in [2.75, 3.05) is 24.3 Å². The molecule has 28 heavy (non-hydrogen) atoms. The van der Waals surface area contributed by atoms with E-state index in [2.05, 4.69) is 10.6 Å². The molecule has 2 amide bonds. The number of hydrogen-bond acceptors (Lipinski definition) is 4. The predicted octanol–water partition coefficient (Wildman–Crippen LogP) is 3.76. The van der Waals surface area contributed by atoms with Crippen LogP contribution < -0.4 is 15.5 Å². The van der Waals surface area contributed by atoms with Gasteiger partial charge >= 0.3 is 0 Å². The van der Waals surface area contributed by atoms with E-state index in [0.29, 0.717) is 22.9 Å². The summed E-state index contributed by atoms with van der Waals surface area (Å²) in [6, 6.07) is 21.3. The van der Waals surface area contributed by atoms with Crippen LogP contribution in [0.15, 0.2) is 82.9 Å². The van der Waals surface area contributed by atoms with Gasteiger partial charge in [0.1, 0.15) is 11.5 Å². The number of carbonyl (C=O) groups excluding carboxylic acids is 2. The molecular formula is C22H21N3O3. The average Bonchev–Trinajstić information content (AvgIpc) is 3.18. The number of carbonyl (C=O) groups is 2. The Bertz CT molecular complexity index is 977. The molecule has 0 atom stereocenters. The van der Waals surface area contributed by atoms with Crippen molar-refractivity contribution >= 4 is 29.5 Å². The average molecular weight is 375 g/mol. The molecule has 6 nitrogen and oxygen atoms in total. The van der Waals surface area contributed by atoms with E-state index in [-0.39, 0.29) is 11.6 Å². The number of nitrogens with zero attached hydrogens (tertiary/aromatic N) is 1. The second kappa shape index (κ2) is 8.73. The molecule has 1 aromatic heterocycles. The number of para-hydroxylation sites is 1. The molecule has 2 N–H and O–H groups in total. The number of furan rings is 1. The van der Waals surface area contributed by atoms with Gasteiger partial charge in [-0.2, -0.15) is 0 Å². The fourth-order valence-corrected chi connectivity index (χ4v) is 2.46. The molecule has 1 heterocycles. The smallest absolute Gasteiger partial charge is 0.272 e. The van der Waals surface area contributed by atoms with E-state index in [1.54, 1.807) is 48.5 Å². The highest BCUT2D eigenvalue weighted by Gasteiger charge is 2.16. The SMILES string of the molecule is CN(C)c1ccc(/C=C(/NC(=O)c2ccccc2)C(=O)Nc2ccccc2)o1. The quantitative estimate of drug-likeness (QED) is 0.644. The molecule has 0 aliphatic carbocycles. The molecule has 0 spiro atoms. The first-order chi connectivity index (χ1) is 13.5. The number of hydrogen-bond donors (Lipinski definition) is 2. The Labute approximate surface area is 163 Å². The zero-order valence-electron chi connectivity index (χ0n) is 15.7. The van der Waals surface area contributed by atoms with Crippen molar-refractivity contribution in [2.24, 2.45) is 0 Å². The van der Waals surface area contributed by atoms with Gasteiger partial charge in [-0.3, -0.25) is 9.59 Å². The molecule has 142 valence electrons. The van der Waals surface area contributed by atoms with E-state index in [1.165, 1.54) is 6.08 Å². The van der Waals surface area contributed by atoms with E-state index >= 15 is 0 Å². The van der Waals surface area contributed by atoms with Gasteiger partial charge in [-0.1, -0.05) is 36.4 Å². The van der Waals surface area contributed by atoms with Crippen molar-refractivity contribution < 1.29 is 14.0 Å². The maximum atomic E-state index is 12.8. The van der Waals surface area contributed by atoms with Crippen LogP contribution in [-0.2, 0) is 4.79 Å². The zero-order valence-corrected chi connectivity index (χ0v) is 15.7. The number of benzene rings is 2. The Morgan fingerprint density at radius 3 is 2.14 bits per heavy atom. The summed E-state index contributed by atoms with van der Waals surface area (Å²) in [5.41, 5.74) is 1.16. The Hall–Kier alpha value is -3.80. The largest absolute Gasteiger partial charge is 0.441 e. The van der Waals surface area contributed by atoms with Crippen molar-refractivity contribution in [3.63, 3.8) is 0 Å². The van der Waals surface area contributed by atoms with Crippen molar-refractivity contribution in [3.8, 4) is 0 Å². The second-order valence-corrected chi connectivity index (χ2v) is 6.27. The van der Waals surface area contributed by atoms with Gasteiger partial charge in [0.05, 0.1) is 0 Å². The monoisotopic (exact) mass is 375 g/mol. The van der Waals surface area contributed by atoms with Crippen LogP contribution in [0.3, 0.4) is 0 Å². The molecule has 0 radical (unpaired) electrons. The van der Waals surface area contributed by atoms with Crippen molar-refractivity contribution in [3.05, 3.63) is 89.8 Å². The van der Waals surface area contributed by atoms with Gasteiger partial charge in [0.2, 0.25) is 0 Å². The minimum absolute atomic E-state index is 0.0809. The Balaban J connectivity index is 1.87. The normalized spacial score (nSPS) is 11.0. The van der Waals surface area contributed by atoms with Gasteiger partial charge in [-0.05, 0) is 30.3 Å². The molecule has 2 aromatic carbocycles. The van der Waals surface area contributed by atoms with E-state index in [1.807, 2.05) is 43.3 Å². The van der Waals surface area contributed by atoms with Gasteiger partial charge in [0, 0.05) is 37.5 Å². The highest BCUT2D eigenvalue weighted by molar-refractivity contribution is 6.10. The lowest BCUT2D eigenvalue weighted by Crippen LogP contribution is -2.30. The molecular weight excluding hydrogens is 354 g/mol. The van der Waals surface area contributed by atoms with Crippen LogP contribution in [0.1, 0.15) is 16.1 Å². The topological polar surface area (TPSA) is 74.6 Å². The first-order valence-electron chi connectivity index (χ1n) is 8.74. The highest BCUT2D eigenvalue weighted by atomic mass is 16.4. The molecule has 0 aliphatic heterocycles. The summed E-state index contributed by atoms with van der Waals surface area (Å²) in [6.07, 6.45) is 1.51. The van der Waals surface area contributed by atoms with Gasteiger partial charge in [0.15, 0.2) is 5.88 Å². The van der Waals surface area contributed by atoms with Crippen molar-refractivity contribution in [1.29, 1.82) is 0 Å². The molecule has 3 aromatic rings. The van der Waals surface area contributed by atoms with E-state index in [0.717, 1.165) is 0 Å². The summed E-state index contributed by atoms with van der Waals surface area (Å²) in [4.78, 5) is 27.1. The van der Waals surface area contributed by atoms with Crippen LogP contribution in [0, 0.1) is 0 Å². The Morgan fingerprint density at radius 2 is 1.54 bits per heavy atom. The van der Waals surface area contributed by atoms with Crippen LogP contribution in [0.4, 0.5) is 11.6 Å². The summed E-state index contributed by atoms with van der Waals surface area (Å²) in [5.74, 6) is 0.270. The summed E-state index contributed by atoms with van der Waals surface area (Å²) >= 11 is 0. The van der Waals surface area contributed by atoms with Crippen molar-refractivity contribution in [1.82, 2.24) is 5.32 Å². The molecule has 3 rings (SSSR count). The highest BCUT2D eigenvalue weighted by Crippen LogP contribution is 2.18. The van der Waals surface area contributed by atoms with Crippen LogP contribution in [-0.4, -0.2) is 25.9 Å². The second-order valence-electron chi connectivity index (χ2n) is 6.27. The first-order valence-corrected chi connectivity index (χ1v) is 8.74. The van der Waals surface area contributed by atoms with Crippen molar-refractivity contribution in [2.45, 2.75) is 0 Å². The molecule has 6 heteroatoms. The fraction of sp³-hybridized carbons (Fsp3) is 0.0909. The first kappa shape index (κ1) is 19.0. The lowest BCUT2D eigenvalue weighted by Gasteiger charge is -2.11. The minimum atomic E-state index is -0.446. The van der Waals surface area contributed by atoms with Crippen LogP contribution >= 0.6 is 0 Å². The number of nitrogens with one attached hydrogen (secondary N) is 2. The van der Waals surface area contributed by atoms with Gasteiger partial charge < -0.3 is 20.0 Å². The molecule has 0 fully saturated rings. The molecule has 0 saturated heterocycles. The van der Waals surface area contributed by atoms with Crippen LogP contribution in [0.25, 0.3) is 6.08 Å². The van der Waals surface area contributed by atoms with Gasteiger partial charge in [-0.25, -0.2) is 0 Å². The lowest BCUT2D eigenvalue weighted by molar-refractivity contribution is -0.113. The molecule has 0 unspecified atom stereocenters. The zero-order chi connectivity index (χ0) is 19.9. The third kappa shape index (κ3) is 4.88. The van der Waals surface area contributed by atoms with Gasteiger partial charge in [-0.15, -0.1) is 0 Å². The molecule has 0 saturated carbocycles. The van der Waals surface area contributed by atoms with Gasteiger partial charge in [0.25, 0.3) is 11.8 Å². The summed E-state index contributed by atoms with van der Waals surface area (Å²) in [5, 5.41) is 5.45. The third-order valence-corrected chi connectivity index (χ3v) is 3.90. The number of rotatable bonds is 6. The Morgan fingerprint density at radius 1 is 0.893 bits per heavy atom. The maximum Gasteiger partial charge on any atom is 0.272 e. The van der Waals surface area contributed by atoms with Crippen LogP contribution in [0.5, 0.6) is 0 Å². The predicted molar refractivity (Wildman–Crippen MR) is 110 cm³/mol. The van der Waals surface area contributed by atoms with E-state index < -0.39 is 5.91 Å². The molecule has 0 aliphatic rings. The van der Waals surface area contributed by atoms with Crippen LogP contribution in [0.2, 0.25) is 0 Å². The van der Waals surface area contributed by atoms with E-state index in [9.17, 15) is 9.59 Å². The Kier molecular flexibility index (Phi) is 5.91. The standard InChI is InChI=1S/C22H21N3O3/c1-25(2)20-14-13-18(28-20)15-19(22(27)23-17-11-7-4-8-12-17)24-21(26)16-9-5-3-6-10-16/h3-15H,1-2H3,(H,23,27)(H,24,26)/b19-15+.